The zero-order chi connectivity index (χ0) is 14.1. The molecule has 0 aliphatic carbocycles. The van der Waals surface area contributed by atoms with Crippen molar-refractivity contribution in [2.75, 3.05) is 11.1 Å². The topological polar surface area (TPSA) is 50.9 Å². The van der Waals surface area contributed by atoms with Crippen molar-refractivity contribution in [1.29, 1.82) is 0 Å². The minimum atomic E-state index is 0.733. The van der Waals surface area contributed by atoms with Gasteiger partial charge in [-0.1, -0.05) is 12.1 Å². The van der Waals surface area contributed by atoms with Gasteiger partial charge in [-0.15, -0.1) is 0 Å². The molecule has 0 atom stereocenters. The lowest BCUT2D eigenvalue weighted by Gasteiger charge is -2.14. The zero-order valence-electron chi connectivity index (χ0n) is 11.6. The minimum Gasteiger partial charge on any atom is -0.396 e. The van der Waals surface area contributed by atoms with Gasteiger partial charge in [0, 0.05) is 17.3 Å². The Labute approximate surface area is 118 Å². The van der Waals surface area contributed by atoms with Gasteiger partial charge >= 0.3 is 0 Å². The van der Waals surface area contributed by atoms with Crippen LogP contribution in [-0.4, -0.2) is 4.98 Å². The molecule has 2 aromatic carbocycles. The van der Waals surface area contributed by atoms with Crippen molar-refractivity contribution in [2.45, 2.75) is 13.8 Å². The molecule has 0 unspecified atom stereocenters. The van der Waals surface area contributed by atoms with Crippen molar-refractivity contribution < 1.29 is 0 Å². The normalized spacial score (nSPS) is 10.7. The zero-order valence-corrected chi connectivity index (χ0v) is 11.6. The lowest BCUT2D eigenvalue weighted by atomic mass is 10.1. The van der Waals surface area contributed by atoms with Crippen molar-refractivity contribution in [3.63, 3.8) is 0 Å². The molecule has 3 heteroatoms. The number of aromatic nitrogens is 1. The van der Waals surface area contributed by atoms with Gasteiger partial charge in [0.05, 0.1) is 16.9 Å². The number of hydrogen-bond donors (Lipinski definition) is 2. The molecule has 1 heterocycles. The highest BCUT2D eigenvalue weighted by atomic mass is 14.9. The molecule has 0 spiro atoms. The predicted octanol–water partition coefficient (Wildman–Crippen LogP) is 4.18. The van der Waals surface area contributed by atoms with Gasteiger partial charge in [0.25, 0.3) is 0 Å². The summed E-state index contributed by atoms with van der Waals surface area (Å²) in [4.78, 5) is 4.31. The quantitative estimate of drug-likeness (QED) is 0.682. The minimum absolute atomic E-state index is 0.733. The van der Waals surface area contributed by atoms with Crippen LogP contribution in [0, 0.1) is 13.8 Å². The lowest BCUT2D eigenvalue weighted by Crippen LogP contribution is -1.99. The van der Waals surface area contributed by atoms with Gasteiger partial charge in [0.2, 0.25) is 0 Å². The van der Waals surface area contributed by atoms with E-state index in [0.29, 0.717) is 0 Å². The van der Waals surface area contributed by atoms with Crippen LogP contribution < -0.4 is 11.1 Å². The fraction of sp³-hybridized carbons (Fsp3) is 0.118. The number of nitrogens with two attached hydrogens (primary N) is 1. The molecule has 3 N–H and O–H groups in total. The van der Waals surface area contributed by atoms with Gasteiger partial charge in [-0.3, -0.25) is 4.98 Å². The van der Waals surface area contributed by atoms with Crippen molar-refractivity contribution in [2.24, 2.45) is 0 Å². The molecule has 3 rings (SSSR count). The van der Waals surface area contributed by atoms with Gasteiger partial charge < -0.3 is 11.1 Å². The molecule has 3 nitrogen and oxygen atoms in total. The maximum Gasteiger partial charge on any atom is 0.0724 e. The summed E-state index contributed by atoms with van der Waals surface area (Å²) in [6.07, 6.45) is 1.78. The predicted molar refractivity (Wildman–Crippen MR) is 85.4 cm³/mol. The monoisotopic (exact) mass is 263 g/mol. The van der Waals surface area contributed by atoms with E-state index < -0.39 is 0 Å². The van der Waals surface area contributed by atoms with Crippen LogP contribution >= 0.6 is 0 Å². The van der Waals surface area contributed by atoms with Crippen molar-refractivity contribution in [3.8, 4) is 0 Å². The number of benzene rings is 2. The summed E-state index contributed by atoms with van der Waals surface area (Å²) >= 11 is 0. The Morgan fingerprint density at radius 3 is 2.70 bits per heavy atom. The lowest BCUT2D eigenvalue weighted by molar-refractivity contribution is 1.37. The van der Waals surface area contributed by atoms with Crippen LogP contribution in [0.2, 0.25) is 0 Å². The van der Waals surface area contributed by atoms with Crippen LogP contribution in [0.15, 0.2) is 48.7 Å². The van der Waals surface area contributed by atoms with Crippen LogP contribution in [0.5, 0.6) is 0 Å². The molecule has 0 bridgehead atoms. The molecule has 0 radical (unpaired) electrons. The van der Waals surface area contributed by atoms with Crippen LogP contribution in [0.4, 0.5) is 17.1 Å². The molecule has 0 saturated heterocycles. The molecular weight excluding hydrogens is 246 g/mol. The number of pyridine rings is 1. The number of nitrogens with zero attached hydrogens (tertiary/aromatic N) is 1. The molecule has 0 fully saturated rings. The van der Waals surface area contributed by atoms with Crippen LogP contribution in [0.3, 0.4) is 0 Å². The molecular formula is C17H17N3. The molecule has 0 saturated carbocycles. The average molecular weight is 263 g/mol. The van der Waals surface area contributed by atoms with Crippen LogP contribution in [0.25, 0.3) is 10.9 Å². The van der Waals surface area contributed by atoms with E-state index in [1.165, 1.54) is 11.1 Å². The Kier molecular flexibility index (Phi) is 3.03. The maximum absolute atomic E-state index is 6.25. The van der Waals surface area contributed by atoms with E-state index in [2.05, 4.69) is 42.3 Å². The summed E-state index contributed by atoms with van der Waals surface area (Å²) in [5.41, 5.74) is 12.3. The summed E-state index contributed by atoms with van der Waals surface area (Å²) < 4.78 is 0. The standard InChI is InChI=1S/C17H17N3/c1-11-5-6-12(2)16(10-11)20-15-8-7-14-13(17(15)18)4-3-9-19-14/h3-10,20H,18H2,1-2H3. The second-order valence-corrected chi connectivity index (χ2v) is 5.04. The molecule has 100 valence electrons. The van der Waals surface area contributed by atoms with Crippen LogP contribution in [0.1, 0.15) is 11.1 Å². The van der Waals surface area contributed by atoms with Crippen molar-refractivity contribution in [3.05, 3.63) is 59.8 Å². The number of fused-ring (bicyclic) bond motifs is 1. The van der Waals surface area contributed by atoms with Crippen molar-refractivity contribution >= 4 is 28.0 Å². The summed E-state index contributed by atoms with van der Waals surface area (Å²) in [5, 5.41) is 4.40. The average Bonchev–Trinajstić information content (AvgIpc) is 2.46. The number of nitrogen functional groups attached to an aromatic ring is 1. The highest BCUT2D eigenvalue weighted by Crippen LogP contribution is 2.31. The third kappa shape index (κ3) is 2.18. The molecule has 0 amide bonds. The second-order valence-electron chi connectivity index (χ2n) is 5.04. The number of nitrogens with one attached hydrogen (secondary N) is 1. The first kappa shape index (κ1) is 12.5. The highest BCUT2D eigenvalue weighted by Gasteiger charge is 2.06. The van der Waals surface area contributed by atoms with E-state index in [0.717, 1.165) is 28.0 Å². The summed E-state index contributed by atoms with van der Waals surface area (Å²) in [7, 11) is 0. The largest absolute Gasteiger partial charge is 0.396 e. The molecule has 0 aliphatic rings. The number of aryl methyl sites for hydroxylation is 2. The SMILES string of the molecule is Cc1ccc(C)c(Nc2ccc3ncccc3c2N)c1. The van der Waals surface area contributed by atoms with E-state index in [1.807, 2.05) is 24.3 Å². The third-order valence-corrected chi connectivity index (χ3v) is 3.49. The van der Waals surface area contributed by atoms with Gasteiger partial charge in [0.15, 0.2) is 0 Å². The van der Waals surface area contributed by atoms with E-state index in [4.69, 9.17) is 5.73 Å². The Balaban J connectivity index is 2.07. The maximum atomic E-state index is 6.25. The smallest absolute Gasteiger partial charge is 0.0724 e. The van der Waals surface area contributed by atoms with E-state index in [1.54, 1.807) is 6.20 Å². The third-order valence-electron chi connectivity index (χ3n) is 3.49. The van der Waals surface area contributed by atoms with E-state index in [-0.39, 0.29) is 0 Å². The molecule has 0 aliphatic heterocycles. The van der Waals surface area contributed by atoms with Gasteiger partial charge in [-0.05, 0) is 55.3 Å². The Morgan fingerprint density at radius 1 is 1.00 bits per heavy atom. The Bertz CT molecular complexity index is 778. The Hall–Kier alpha value is -2.55. The van der Waals surface area contributed by atoms with Gasteiger partial charge in [-0.2, -0.15) is 0 Å². The summed E-state index contributed by atoms with van der Waals surface area (Å²) in [5.74, 6) is 0. The Morgan fingerprint density at radius 2 is 1.85 bits per heavy atom. The first-order valence-electron chi connectivity index (χ1n) is 6.62. The molecule has 3 aromatic rings. The fourth-order valence-electron chi connectivity index (χ4n) is 2.30. The fourth-order valence-corrected chi connectivity index (χ4v) is 2.30. The summed E-state index contributed by atoms with van der Waals surface area (Å²) in [6, 6.07) is 14.2. The second kappa shape index (κ2) is 4.85. The summed E-state index contributed by atoms with van der Waals surface area (Å²) in [6.45, 7) is 4.17. The first-order valence-corrected chi connectivity index (χ1v) is 6.62. The van der Waals surface area contributed by atoms with Gasteiger partial charge in [-0.25, -0.2) is 0 Å². The molecule has 1 aromatic heterocycles. The van der Waals surface area contributed by atoms with Crippen LogP contribution in [-0.2, 0) is 0 Å². The van der Waals surface area contributed by atoms with E-state index >= 15 is 0 Å². The van der Waals surface area contributed by atoms with Gasteiger partial charge in [0.1, 0.15) is 0 Å². The molecule has 20 heavy (non-hydrogen) atoms. The number of hydrogen-bond acceptors (Lipinski definition) is 3. The highest BCUT2D eigenvalue weighted by molar-refractivity contribution is 5.97. The van der Waals surface area contributed by atoms with Crippen molar-refractivity contribution in [1.82, 2.24) is 4.98 Å². The van der Waals surface area contributed by atoms with E-state index in [9.17, 15) is 0 Å². The first-order chi connectivity index (χ1) is 9.65. The number of anilines is 3. The number of rotatable bonds is 2.